The van der Waals surface area contributed by atoms with Gasteiger partial charge in [-0.3, -0.25) is 4.79 Å². The van der Waals surface area contributed by atoms with Gasteiger partial charge in [-0.1, -0.05) is 36.4 Å². The van der Waals surface area contributed by atoms with Crippen LogP contribution in [0.5, 0.6) is 11.5 Å². The SMILES string of the molecule is CC[NH+]1CCN(c2ccccc2NC(=O)c2cccc(Oc3ccccc3)c2)CC1. The molecule has 1 heterocycles. The molecule has 30 heavy (non-hydrogen) atoms. The van der Waals surface area contributed by atoms with Gasteiger partial charge >= 0.3 is 0 Å². The van der Waals surface area contributed by atoms with Gasteiger partial charge < -0.3 is 19.9 Å². The van der Waals surface area contributed by atoms with Crippen LogP contribution in [0.25, 0.3) is 0 Å². The molecule has 3 aromatic rings. The molecule has 5 heteroatoms. The van der Waals surface area contributed by atoms with Crippen LogP contribution in [0, 0.1) is 0 Å². The largest absolute Gasteiger partial charge is 0.457 e. The van der Waals surface area contributed by atoms with Crippen molar-refractivity contribution in [2.24, 2.45) is 0 Å². The number of likely N-dealkylation sites (N-methyl/N-ethyl adjacent to an activating group) is 1. The van der Waals surface area contributed by atoms with E-state index in [-0.39, 0.29) is 5.91 Å². The van der Waals surface area contributed by atoms with Crippen molar-refractivity contribution in [2.75, 3.05) is 42.9 Å². The van der Waals surface area contributed by atoms with E-state index in [0.29, 0.717) is 11.3 Å². The average Bonchev–Trinajstić information content (AvgIpc) is 2.80. The highest BCUT2D eigenvalue weighted by atomic mass is 16.5. The normalized spacial score (nSPS) is 14.4. The smallest absolute Gasteiger partial charge is 0.255 e. The first kappa shape index (κ1) is 20.0. The molecule has 0 atom stereocenters. The Kier molecular flexibility index (Phi) is 6.30. The number of quaternary nitrogens is 1. The monoisotopic (exact) mass is 402 g/mol. The topological polar surface area (TPSA) is 46.0 Å². The van der Waals surface area contributed by atoms with Gasteiger partial charge in [0.05, 0.1) is 44.1 Å². The zero-order valence-corrected chi connectivity index (χ0v) is 17.3. The summed E-state index contributed by atoms with van der Waals surface area (Å²) in [7, 11) is 0. The predicted molar refractivity (Wildman–Crippen MR) is 121 cm³/mol. The minimum atomic E-state index is -0.140. The highest BCUT2D eigenvalue weighted by Crippen LogP contribution is 2.27. The summed E-state index contributed by atoms with van der Waals surface area (Å²) in [5.41, 5.74) is 2.49. The second kappa shape index (κ2) is 9.46. The van der Waals surface area contributed by atoms with Gasteiger partial charge in [-0.05, 0) is 49.4 Å². The molecular formula is C25H28N3O2+. The molecule has 1 fully saturated rings. The van der Waals surface area contributed by atoms with Crippen molar-refractivity contribution in [1.29, 1.82) is 0 Å². The lowest BCUT2D eigenvalue weighted by atomic mass is 10.1. The standard InChI is InChI=1S/C25H27N3O2/c1-2-27-15-17-28(18-16-27)24-14-7-6-13-23(24)26-25(29)20-9-8-12-22(19-20)30-21-10-4-3-5-11-21/h3-14,19H,2,15-18H2,1H3,(H,26,29)/p+1. The second-order valence-corrected chi connectivity index (χ2v) is 7.50. The van der Waals surface area contributed by atoms with E-state index < -0.39 is 0 Å². The summed E-state index contributed by atoms with van der Waals surface area (Å²) >= 11 is 0. The molecule has 0 spiro atoms. The maximum atomic E-state index is 13.0. The highest BCUT2D eigenvalue weighted by molar-refractivity contribution is 6.06. The number of carbonyl (C=O) groups excluding carboxylic acids is 1. The number of hydrogen-bond acceptors (Lipinski definition) is 3. The molecule has 1 aliphatic heterocycles. The Hall–Kier alpha value is -3.31. The van der Waals surface area contributed by atoms with Crippen molar-refractivity contribution in [2.45, 2.75) is 6.92 Å². The molecule has 1 amide bonds. The van der Waals surface area contributed by atoms with Crippen LogP contribution in [-0.2, 0) is 0 Å². The van der Waals surface area contributed by atoms with Crippen LogP contribution in [-0.4, -0.2) is 38.6 Å². The van der Waals surface area contributed by atoms with Gasteiger partial charge in [-0.15, -0.1) is 0 Å². The van der Waals surface area contributed by atoms with Gasteiger partial charge in [0.15, 0.2) is 0 Å². The molecule has 5 nitrogen and oxygen atoms in total. The van der Waals surface area contributed by atoms with E-state index in [2.05, 4.69) is 23.2 Å². The van der Waals surface area contributed by atoms with Crippen molar-refractivity contribution in [1.82, 2.24) is 0 Å². The van der Waals surface area contributed by atoms with Crippen molar-refractivity contribution in [3.63, 3.8) is 0 Å². The van der Waals surface area contributed by atoms with Gasteiger partial charge in [-0.2, -0.15) is 0 Å². The average molecular weight is 403 g/mol. The fourth-order valence-electron chi connectivity index (χ4n) is 3.79. The maximum absolute atomic E-state index is 13.0. The zero-order valence-electron chi connectivity index (χ0n) is 17.3. The molecule has 4 rings (SSSR count). The number of amides is 1. The van der Waals surface area contributed by atoms with Gasteiger partial charge in [0, 0.05) is 5.56 Å². The molecule has 1 aliphatic rings. The Bertz CT molecular complexity index is 982. The molecule has 3 aromatic carbocycles. The first-order chi connectivity index (χ1) is 14.7. The van der Waals surface area contributed by atoms with Crippen LogP contribution in [0.2, 0.25) is 0 Å². The molecule has 0 bridgehead atoms. The molecule has 0 radical (unpaired) electrons. The summed E-state index contributed by atoms with van der Waals surface area (Å²) in [6, 6.07) is 24.9. The predicted octanol–water partition coefficient (Wildman–Crippen LogP) is 3.46. The number of nitrogens with zero attached hydrogens (tertiary/aromatic N) is 1. The molecule has 1 saturated heterocycles. The lowest BCUT2D eigenvalue weighted by Crippen LogP contribution is -3.14. The van der Waals surface area contributed by atoms with E-state index in [1.807, 2.05) is 60.7 Å². The number of carbonyl (C=O) groups is 1. The Morgan fingerprint density at radius 1 is 0.933 bits per heavy atom. The number of rotatable bonds is 6. The molecule has 0 saturated carbocycles. The van der Waals surface area contributed by atoms with Crippen molar-refractivity contribution >= 4 is 17.3 Å². The number of benzene rings is 3. The lowest BCUT2D eigenvalue weighted by molar-refractivity contribution is -0.898. The molecule has 0 aliphatic carbocycles. The van der Waals surface area contributed by atoms with E-state index in [1.165, 1.54) is 0 Å². The van der Waals surface area contributed by atoms with Crippen LogP contribution >= 0.6 is 0 Å². The Labute approximate surface area is 177 Å². The van der Waals surface area contributed by atoms with Crippen LogP contribution in [0.4, 0.5) is 11.4 Å². The first-order valence-corrected chi connectivity index (χ1v) is 10.5. The number of ether oxygens (including phenoxy) is 1. The number of anilines is 2. The fraction of sp³-hybridized carbons (Fsp3) is 0.240. The van der Waals surface area contributed by atoms with Crippen molar-refractivity contribution < 1.29 is 14.4 Å². The van der Waals surface area contributed by atoms with E-state index in [1.54, 1.807) is 17.0 Å². The summed E-state index contributed by atoms with van der Waals surface area (Å²) < 4.78 is 5.87. The van der Waals surface area contributed by atoms with Crippen molar-refractivity contribution in [3.8, 4) is 11.5 Å². The van der Waals surface area contributed by atoms with Gasteiger partial charge in [0.25, 0.3) is 5.91 Å². The third kappa shape index (κ3) is 4.81. The van der Waals surface area contributed by atoms with Crippen LogP contribution in [0.3, 0.4) is 0 Å². The second-order valence-electron chi connectivity index (χ2n) is 7.50. The molecular weight excluding hydrogens is 374 g/mol. The van der Waals surface area contributed by atoms with E-state index in [0.717, 1.165) is 49.8 Å². The lowest BCUT2D eigenvalue weighted by Gasteiger charge is -2.34. The Morgan fingerprint density at radius 3 is 2.40 bits per heavy atom. The summed E-state index contributed by atoms with van der Waals surface area (Å²) in [6.07, 6.45) is 0. The summed E-state index contributed by atoms with van der Waals surface area (Å²) in [6.45, 7) is 7.63. The summed E-state index contributed by atoms with van der Waals surface area (Å²) in [4.78, 5) is 17.0. The van der Waals surface area contributed by atoms with Crippen LogP contribution in [0.1, 0.15) is 17.3 Å². The van der Waals surface area contributed by atoms with Crippen molar-refractivity contribution in [3.05, 3.63) is 84.4 Å². The zero-order chi connectivity index (χ0) is 20.8. The molecule has 0 aromatic heterocycles. The molecule has 0 unspecified atom stereocenters. The number of piperazine rings is 1. The summed E-state index contributed by atoms with van der Waals surface area (Å²) in [5, 5.41) is 3.10. The van der Waals surface area contributed by atoms with E-state index in [9.17, 15) is 4.79 Å². The van der Waals surface area contributed by atoms with Gasteiger partial charge in [0.1, 0.15) is 11.5 Å². The third-order valence-electron chi connectivity index (χ3n) is 5.54. The quantitative estimate of drug-likeness (QED) is 0.664. The maximum Gasteiger partial charge on any atom is 0.255 e. The number of nitrogens with one attached hydrogen (secondary N) is 2. The first-order valence-electron chi connectivity index (χ1n) is 10.5. The van der Waals surface area contributed by atoms with Crippen LogP contribution < -0.4 is 19.9 Å². The third-order valence-corrected chi connectivity index (χ3v) is 5.54. The highest BCUT2D eigenvalue weighted by Gasteiger charge is 2.21. The molecule has 2 N–H and O–H groups in total. The molecule has 154 valence electrons. The Balaban J connectivity index is 1.48. The minimum absolute atomic E-state index is 0.140. The number of hydrogen-bond donors (Lipinski definition) is 2. The van der Waals surface area contributed by atoms with E-state index >= 15 is 0 Å². The van der Waals surface area contributed by atoms with E-state index in [4.69, 9.17) is 4.74 Å². The fourth-order valence-corrected chi connectivity index (χ4v) is 3.79. The Morgan fingerprint density at radius 2 is 1.63 bits per heavy atom. The minimum Gasteiger partial charge on any atom is -0.457 e. The van der Waals surface area contributed by atoms with Crippen LogP contribution in [0.15, 0.2) is 78.9 Å². The number of para-hydroxylation sites is 3. The summed E-state index contributed by atoms with van der Waals surface area (Å²) in [5.74, 6) is 1.24. The van der Waals surface area contributed by atoms with Gasteiger partial charge in [-0.25, -0.2) is 0 Å². The van der Waals surface area contributed by atoms with Gasteiger partial charge in [0.2, 0.25) is 0 Å².